The zero-order valence-electron chi connectivity index (χ0n) is 9.51. The summed E-state index contributed by atoms with van der Waals surface area (Å²) < 4.78 is 50.5. The van der Waals surface area contributed by atoms with Crippen LogP contribution in [0.4, 0.5) is 17.6 Å². The summed E-state index contributed by atoms with van der Waals surface area (Å²) in [6.45, 7) is 1.65. The van der Waals surface area contributed by atoms with Gasteiger partial charge in [-0.2, -0.15) is 13.2 Å². The van der Waals surface area contributed by atoms with Crippen LogP contribution in [-0.4, -0.2) is 18.5 Å². The average molecular weight is 264 g/mol. The van der Waals surface area contributed by atoms with E-state index in [1.54, 1.807) is 6.92 Å². The first-order valence-electron chi connectivity index (χ1n) is 5.12. The van der Waals surface area contributed by atoms with Crippen molar-refractivity contribution in [2.75, 3.05) is 6.54 Å². The first kappa shape index (κ1) is 14.4. The Morgan fingerprint density at radius 1 is 1.44 bits per heavy atom. The van der Waals surface area contributed by atoms with E-state index in [1.165, 1.54) is 0 Å². The van der Waals surface area contributed by atoms with Crippen molar-refractivity contribution >= 4 is 5.91 Å². The predicted molar refractivity (Wildman–Crippen MR) is 57.4 cm³/mol. The van der Waals surface area contributed by atoms with E-state index in [2.05, 4.69) is 5.32 Å². The quantitative estimate of drug-likeness (QED) is 0.819. The lowest BCUT2D eigenvalue weighted by molar-refractivity contribution is -0.137. The van der Waals surface area contributed by atoms with E-state index in [0.717, 1.165) is 0 Å². The third kappa shape index (κ3) is 3.69. The minimum absolute atomic E-state index is 0.0501. The normalized spacial score (nSPS) is 13.2. The molecule has 0 aliphatic carbocycles. The number of carbonyl (C=O) groups is 1. The Morgan fingerprint density at radius 3 is 2.56 bits per heavy atom. The number of hydrogen-bond donors (Lipinski definition) is 2. The summed E-state index contributed by atoms with van der Waals surface area (Å²) in [5, 5.41) is 2.25. The lowest BCUT2D eigenvalue weighted by Gasteiger charge is -2.11. The summed E-state index contributed by atoms with van der Waals surface area (Å²) in [4.78, 5) is 11.5. The van der Waals surface area contributed by atoms with Gasteiger partial charge in [0.25, 0.3) is 5.91 Å². The highest BCUT2D eigenvalue weighted by Crippen LogP contribution is 2.30. The minimum Gasteiger partial charge on any atom is -0.350 e. The molecule has 1 aromatic rings. The van der Waals surface area contributed by atoms with Gasteiger partial charge in [0.15, 0.2) is 0 Å². The molecule has 100 valence electrons. The molecule has 1 rings (SSSR count). The van der Waals surface area contributed by atoms with Gasteiger partial charge in [0, 0.05) is 12.6 Å². The van der Waals surface area contributed by atoms with Gasteiger partial charge in [-0.3, -0.25) is 4.79 Å². The smallest absolute Gasteiger partial charge is 0.350 e. The second kappa shape index (κ2) is 5.34. The number of carbonyl (C=O) groups excluding carboxylic acids is 1. The summed E-state index contributed by atoms with van der Waals surface area (Å²) >= 11 is 0. The van der Waals surface area contributed by atoms with Crippen molar-refractivity contribution in [3.8, 4) is 0 Å². The topological polar surface area (TPSA) is 55.1 Å². The van der Waals surface area contributed by atoms with Gasteiger partial charge < -0.3 is 11.1 Å². The molecule has 3 nitrogen and oxygen atoms in total. The molecule has 1 amide bonds. The maximum Gasteiger partial charge on any atom is 0.416 e. The standard InChI is InChI=1S/C11H12F4N2O/c1-6(16)5-17-10(18)8-4-7(11(13,14)15)2-3-9(8)12/h2-4,6H,5,16H2,1H3,(H,17,18). The van der Waals surface area contributed by atoms with Crippen molar-refractivity contribution in [1.29, 1.82) is 0 Å². The van der Waals surface area contributed by atoms with Crippen molar-refractivity contribution < 1.29 is 22.4 Å². The predicted octanol–water partition coefficient (Wildman–Crippen LogP) is 1.92. The number of benzene rings is 1. The van der Waals surface area contributed by atoms with Crippen LogP contribution in [0.25, 0.3) is 0 Å². The first-order chi connectivity index (χ1) is 8.21. The van der Waals surface area contributed by atoms with Crippen LogP contribution in [0.5, 0.6) is 0 Å². The van der Waals surface area contributed by atoms with E-state index in [9.17, 15) is 22.4 Å². The second-order valence-corrected chi connectivity index (χ2v) is 3.88. The molecule has 1 unspecified atom stereocenters. The Kier molecular flexibility index (Phi) is 4.28. The third-order valence-electron chi connectivity index (χ3n) is 2.12. The van der Waals surface area contributed by atoms with Crippen LogP contribution in [0, 0.1) is 5.82 Å². The highest BCUT2D eigenvalue weighted by atomic mass is 19.4. The lowest BCUT2D eigenvalue weighted by Crippen LogP contribution is -2.35. The molecular formula is C11H12F4N2O. The maximum atomic E-state index is 13.3. The van der Waals surface area contributed by atoms with Gasteiger partial charge in [0.2, 0.25) is 0 Å². The van der Waals surface area contributed by atoms with Crippen molar-refractivity contribution in [2.45, 2.75) is 19.1 Å². The number of hydrogen-bond acceptors (Lipinski definition) is 2. The zero-order chi connectivity index (χ0) is 13.9. The van der Waals surface area contributed by atoms with Crippen LogP contribution in [0.15, 0.2) is 18.2 Å². The van der Waals surface area contributed by atoms with E-state index < -0.39 is 29.0 Å². The second-order valence-electron chi connectivity index (χ2n) is 3.88. The Balaban J connectivity index is 2.97. The number of halogens is 4. The molecule has 1 atom stereocenters. The molecule has 0 heterocycles. The molecular weight excluding hydrogens is 252 g/mol. The molecule has 18 heavy (non-hydrogen) atoms. The van der Waals surface area contributed by atoms with Crippen LogP contribution in [0.3, 0.4) is 0 Å². The molecule has 3 N–H and O–H groups in total. The zero-order valence-corrected chi connectivity index (χ0v) is 9.51. The van der Waals surface area contributed by atoms with Gasteiger partial charge in [-0.1, -0.05) is 0 Å². The van der Waals surface area contributed by atoms with Gasteiger partial charge >= 0.3 is 6.18 Å². The average Bonchev–Trinajstić information content (AvgIpc) is 2.24. The monoisotopic (exact) mass is 264 g/mol. The molecule has 0 aliphatic rings. The van der Waals surface area contributed by atoms with Crippen molar-refractivity contribution in [3.63, 3.8) is 0 Å². The molecule has 7 heteroatoms. The highest BCUT2D eigenvalue weighted by molar-refractivity contribution is 5.94. The van der Waals surface area contributed by atoms with Gasteiger partial charge in [-0.25, -0.2) is 4.39 Å². The van der Waals surface area contributed by atoms with E-state index in [1.807, 2.05) is 0 Å². The Morgan fingerprint density at radius 2 is 2.06 bits per heavy atom. The van der Waals surface area contributed by atoms with Crippen LogP contribution >= 0.6 is 0 Å². The van der Waals surface area contributed by atoms with Crippen molar-refractivity contribution in [2.24, 2.45) is 5.73 Å². The molecule has 0 aromatic heterocycles. The molecule has 0 aliphatic heterocycles. The highest BCUT2D eigenvalue weighted by Gasteiger charge is 2.31. The summed E-state index contributed by atoms with van der Waals surface area (Å²) in [5.41, 5.74) is 3.65. The number of alkyl halides is 3. The Hall–Kier alpha value is -1.63. The number of nitrogens with two attached hydrogens (primary N) is 1. The fourth-order valence-electron chi connectivity index (χ4n) is 1.22. The van der Waals surface area contributed by atoms with E-state index in [4.69, 9.17) is 5.73 Å². The van der Waals surface area contributed by atoms with Crippen LogP contribution in [0.2, 0.25) is 0 Å². The fraction of sp³-hybridized carbons (Fsp3) is 0.364. The van der Waals surface area contributed by atoms with Gasteiger partial charge in [0.1, 0.15) is 5.82 Å². The van der Waals surface area contributed by atoms with Crippen LogP contribution in [0.1, 0.15) is 22.8 Å². The van der Waals surface area contributed by atoms with Gasteiger partial charge in [-0.15, -0.1) is 0 Å². The fourth-order valence-corrected chi connectivity index (χ4v) is 1.22. The molecule has 0 bridgehead atoms. The maximum absolute atomic E-state index is 13.3. The number of rotatable bonds is 3. The number of nitrogens with one attached hydrogen (secondary N) is 1. The largest absolute Gasteiger partial charge is 0.416 e. The third-order valence-corrected chi connectivity index (χ3v) is 2.12. The summed E-state index contributed by atoms with van der Waals surface area (Å²) in [6.07, 6.45) is -4.62. The van der Waals surface area contributed by atoms with Gasteiger partial charge in [-0.05, 0) is 25.1 Å². The summed E-state index contributed by atoms with van der Waals surface area (Å²) in [7, 11) is 0. The number of amides is 1. The molecule has 0 radical (unpaired) electrons. The summed E-state index contributed by atoms with van der Waals surface area (Å²) in [5.74, 6) is -1.93. The molecule has 0 saturated heterocycles. The van der Waals surface area contributed by atoms with E-state index >= 15 is 0 Å². The molecule has 0 saturated carbocycles. The Bertz CT molecular complexity index is 443. The van der Waals surface area contributed by atoms with Crippen LogP contribution in [-0.2, 0) is 6.18 Å². The SMILES string of the molecule is CC(N)CNC(=O)c1cc(C(F)(F)F)ccc1F. The van der Waals surface area contributed by atoms with Gasteiger partial charge in [0.05, 0.1) is 11.1 Å². The Labute approximate surface area is 101 Å². The lowest BCUT2D eigenvalue weighted by atomic mass is 10.1. The van der Waals surface area contributed by atoms with E-state index in [-0.39, 0.29) is 12.6 Å². The first-order valence-corrected chi connectivity index (χ1v) is 5.12. The molecule has 0 spiro atoms. The molecule has 1 aromatic carbocycles. The van der Waals surface area contributed by atoms with Crippen molar-refractivity contribution in [3.05, 3.63) is 35.1 Å². The summed E-state index contributed by atoms with van der Waals surface area (Å²) in [6, 6.07) is 1.30. The van der Waals surface area contributed by atoms with Crippen molar-refractivity contribution in [1.82, 2.24) is 5.32 Å². The van der Waals surface area contributed by atoms with Crippen LogP contribution < -0.4 is 11.1 Å². The minimum atomic E-state index is -4.62. The van der Waals surface area contributed by atoms with E-state index in [0.29, 0.717) is 18.2 Å². The molecule has 0 fully saturated rings.